The summed E-state index contributed by atoms with van der Waals surface area (Å²) in [5, 5.41) is 0. The zero-order valence-corrected chi connectivity index (χ0v) is 11.9. The van der Waals surface area contributed by atoms with Crippen molar-refractivity contribution in [2.75, 3.05) is 0 Å². The summed E-state index contributed by atoms with van der Waals surface area (Å²) in [4.78, 5) is 0. The molecule has 0 atom stereocenters. The summed E-state index contributed by atoms with van der Waals surface area (Å²) in [5.74, 6) is 0. The van der Waals surface area contributed by atoms with Crippen molar-refractivity contribution in [2.45, 2.75) is 84.5 Å². The van der Waals surface area contributed by atoms with Crippen molar-refractivity contribution in [2.24, 2.45) is 0 Å². The first kappa shape index (κ1) is 16.9. The first-order valence-corrected chi connectivity index (χ1v) is 6.41. The van der Waals surface area contributed by atoms with Gasteiger partial charge >= 0.3 is 0 Å². The fourth-order valence-corrected chi connectivity index (χ4v) is 1.74. The van der Waals surface area contributed by atoms with Gasteiger partial charge in [-0.05, 0) is 0 Å². The number of hydrogen-bond donors (Lipinski definition) is 0. The van der Waals surface area contributed by atoms with Gasteiger partial charge in [0.15, 0.2) is 0 Å². The minimum absolute atomic E-state index is 0. The molecule has 0 aliphatic carbocycles. The zero-order valence-electron chi connectivity index (χ0n) is 10.2. The molecule has 0 rings (SSSR count). The van der Waals surface area contributed by atoms with Crippen LogP contribution >= 0.6 is 17.0 Å². The van der Waals surface area contributed by atoms with E-state index in [1.54, 1.807) is 0 Å². The Morgan fingerprint density at radius 3 is 0.857 bits per heavy atom. The second-order valence-corrected chi connectivity index (χ2v) is 4.18. The number of hydrogen-bond acceptors (Lipinski definition) is 0. The Morgan fingerprint density at radius 2 is 0.643 bits per heavy atom. The van der Waals surface area contributed by atoms with E-state index in [-0.39, 0.29) is 17.0 Å². The van der Waals surface area contributed by atoms with Crippen LogP contribution in [0.3, 0.4) is 0 Å². The maximum absolute atomic E-state index is 2.28. The van der Waals surface area contributed by atoms with E-state index >= 15 is 0 Å². The molecule has 88 valence electrons. The summed E-state index contributed by atoms with van der Waals surface area (Å²) < 4.78 is 0. The van der Waals surface area contributed by atoms with Gasteiger partial charge in [0.05, 0.1) is 0 Å². The van der Waals surface area contributed by atoms with Crippen LogP contribution in [0, 0.1) is 0 Å². The van der Waals surface area contributed by atoms with Crippen molar-refractivity contribution in [3.05, 3.63) is 0 Å². The molecule has 0 nitrogen and oxygen atoms in total. The second kappa shape index (κ2) is 15.9. The Morgan fingerprint density at radius 1 is 0.429 bits per heavy atom. The number of halogens is 1. The summed E-state index contributed by atoms with van der Waals surface area (Å²) in [6, 6.07) is 0. The van der Waals surface area contributed by atoms with E-state index in [0.29, 0.717) is 0 Å². The zero-order chi connectivity index (χ0) is 9.78. The van der Waals surface area contributed by atoms with Crippen LogP contribution in [0.5, 0.6) is 0 Å². The molecular weight excluding hydrogens is 236 g/mol. The van der Waals surface area contributed by atoms with Gasteiger partial charge in [0.2, 0.25) is 0 Å². The van der Waals surface area contributed by atoms with Crippen LogP contribution in [0.15, 0.2) is 0 Å². The van der Waals surface area contributed by atoms with Crippen LogP contribution in [-0.2, 0) is 0 Å². The predicted octanol–water partition coefficient (Wildman–Crippen LogP) is 5.90. The fourth-order valence-electron chi connectivity index (χ4n) is 1.74. The van der Waals surface area contributed by atoms with Crippen molar-refractivity contribution < 1.29 is 0 Å². The van der Waals surface area contributed by atoms with Crippen LogP contribution in [0.1, 0.15) is 84.5 Å². The van der Waals surface area contributed by atoms with Gasteiger partial charge in [0.25, 0.3) is 0 Å². The lowest BCUT2D eigenvalue weighted by molar-refractivity contribution is 0.554. The van der Waals surface area contributed by atoms with Crippen LogP contribution < -0.4 is 0 Å². The van der Waals surface area contributed by atoms with E-state index in [4.69, 9.17) is 0 Å². The predicted molar refractivity (Wildman–Crippen MR) is 72.5 cm³/mol. The average Bonchev–Trinajstić information content (AvgIpc) is 2.16. The molecule has 0 spiro atoms. The lowest BCUT2D eigenvalue weighted by Gasteiger charge is -2.00. The molecular formula is C13H29Br. The number of rotatable bonds is 10. The van der Waals surface area contributed by atoms with Crippen LogP contribution in [0.25, 0.3) is 0 Å². The van der Waals surface area contributed by atoms with E-state index in [1.807, 2.05) is 0 Å². The van der Waals surface area contributed by atoms with Gasteiger partial charge in [0, 0.05) is 0 Å². The highest BCUT2D eigenvalue weighted by Crippen LogP contribution is 2.10. The maximum Gasteiger partial charge on any atom is -0.0533 e. The molecule has 0 aliphatic rings. The maximum atomic E-state index is 2.28. The van der Waals surface area contributed by atoms with Gasteiger partial charge in [-0.2, -0.15) is 0 Å². The monoisotopic (exact) mass is 264 g/mol. The molecule has 0 aliphatic heterocycles. The Kier molecular flexibility index (Phi) is 19.2. The van der Waals surface area contributed by atoms with Gasteiger partial charge in [-0.25, -0.2) is 0 Å². The van der Waals surface area contributed by atoms with Crippen molar-refractivity contribution in [1.82, 2.24) is 0 Å². The molecule has 0 saturated heterocycles. The molecule has 0 bridgehead atoms. The molecule has 0 saturated carbocycles. The normalized spacial score (nSPS) is 9.86. The smallest absolute Gasteiger partial charge is 0.0533 e. The first-order chi connectivity index (χ1) is 6.41. The minimum Gasteiger partial charge on any atom is -0.114 e. The third kappa shape index (κ3) is 15.0. The molecule has 0 radical (unpaired) electrons. The third-order valence-corrected chi connectivity index (χ3v) is 2.71. The Balaban J connectivity index is 0. The molecule has 0 heterocycles. The van der Waals surface area contributed by atoms with Crippen LogP contribution in [0.2, 0.25) is 0 Å². The van der Waals surface area contributed by atoms with E-state index in [0.717, 1.165) is 0 Å². The Bertz CT molecular complexity index is 71.3. The molecule has 0 aromatic rings. The quantitative estimate of drug-likeness (QED) is 0.432. The highest BCUT2D eigenvalue weighted by atomic mass is 79.9. The highest BCUT2D eigenvalue weighted by molar-refractivity contribution is 8.93. The van der Waals surface area contributed by atoms with E-state index in [2.05, 4.69) is 13.8 Å². The molecule has 0 unspecified atom stereocenters. The standard InChI is InChI=1S/C13H28.BrH/c1-3-5-7-9-11-13-12-10-8-6-4-2;/h3-13H2,1-2H3;1H. The molecule has 0 aromatic heterocycles. The van der Waals surface area contributed by atoms with Gasteiger partial charge in [0.1, 0.15) is 0 Å². The second-order valence-electron chi connectivity index (χ2n) is 4.18. The van der Waals surface area contributed by atoms with E-state index in [9.17, 15) is 0 Å². The van der Waals surface area contributed by atoms with Gasteiger partial charge in [-0.3, -0.25) is 0 Å². The molecule has 0 N–H and O–H groups in total. The van der Waals surface area contributed by atoms with Crippen LogP contribution in [-0.4, -0.2) is 0 Å². The van der Waals surface area contributed by atoms with E-state index in [1.165, 1.54) is 70.6 Å². The summed E-state index contributed by atoms with van der Waals surface area (Å²) in [5.41, 5.74) is 0. The van der Waals surface area contributed by atoms with Crippen molar-refractivity contribution in [1.29, 1.82) is 0 Å². The summed E-state index contributed by atoms with van der Waals surface area (Å²) >= 11 is 0. The molecule has 0 amide bonds. The van der Waals surface area contributed by atoms with Gasteiger partial charge in [-0.15, -0.1) is 17.0 Å². The first-order valence-electron chi connectivity index (χ1n) is 6.41. The minimum atomic E-state index is 0. The fraction of sp³-hybridized carbons (Fsp3) is 1.00. The Labute approximate surface area is 102 Å². The highest BCUT2D eigenvalue weighted by Gasteiger charge is 1.90. The summed E-state index contributed by atoms with van der Waals surface area (Å²) in [7, 11) is 0. The molecule has 0 aromatic carbocycles. The lowest BCUT2D eigenvalue weighted by Crippen LogP contribution is -1.80. The molecule has 14 heavy (non-hydrogen) atoms. The largest absolute Gasteiger partial charge is 0.114 e. The SMILES string of the molecule is Br.CCCCCCCCCCCCC. The average molecular weight is 265 g/mol. The summed E-state index contributed by atoms with van der Waals surface area (Å²) in [6.07, 6.45) is 15.9. The topological polar surface area (TPSA) is 0 Å². The van der Waals surface area contributed by atoms with Crippen molar-refractivity contribution in [3.8, 4) is 0 Å². The number of unbranched alkanes of at least 4 members (excludes halogenated alkanes) is 10. The third-order valence-electron chi connectivity index (χ3n) is 2.71. The molecule has 1 heteroatoms. The lowest BCUT2D eigenvalue weighted by atomic mass is 10.1. The van der Waals surface area contributed by atoms with Crippen LogP contribution in [0.4, 0.5) is 0 Å². The van der Waals surface area contributed by atoms with Crippen molar-refractivity contribution in [3.63, 3.8) is 0 Å². The summed E-state index contributed by atoms with van der Waals surface area (Å²) in [6.45, 7) is 4.56. The molecule has 0 fully saturated rings. The van der Waals surface area contributed by atoms with Gasteiger partial charge < -0.3 is 0 Å². The van der Waals surface area contributed by atoms with Gasteiger partial charge in [-0.1, -0.05) is 84.5 Å². The van der Waals surface area contributed by atoms with Crippen molar-refractivity contribution >= 4 is 17.0 Å². The van der Waals surface area contributed by atoms with E-state index < -0.39 is 0 Å². The Hall–Kier alpha value is 0.480.